The van der Waals surface area contributed by atoms with Gasteiger partial charge in [0.15, 0.2) is 0 Å². The van der Waals surface area contributed by atoms with E-state index >= 15 is 0 Å². The second-order valence-corrected chi connectivity index (χ2v) is 4.60. The van der Waals surface area contributed by atoms with E-state index in [1.807, 2.05) is 13.8 Å². The van der Waals surface area contributed by atoms with E-state index in [2.05, 4.69) is 13.2 Å². The maximum atomic E-state index is 11.1. The van der Waals surface area contributed by atoms with Crippen LogP contribution in [0.3, 0.4) is 0 Å². The van der Waals surface area contributed by atoms with Crippen molar-refractivity contribution in [3.05, 3.63) is 24.3 Å². The van der Waals surface area contributed by atoms with Gasteiger partial charge in [0.05, 0.1) is 13.2 Å². The highest BCUT2D eigenvalue weighted by atomic mass is 16.6. The number of hydrogen-bond acceptors (Lipinski definition) is 7. The second-order valence-electron chi connectivity index (χ2n) is 4.60. The third-order valence-corrected chi connectivity index (χ3v) is 1.96. The van der Waals surface area contributed by atoms with E-state index in [4.69, 9.17) is 24.4 Å². The van der Waals surface area contributed by atoms with Gasteiger partial charge in [0.2, 0.25) is 0 Å². The molecule has 0 heterocycles. The molecule has 0 aliphatic heterocycles. The lowest BCUT2D eigenvalue weighted by atomic mass is 10.3. The van der Waals surface area contributed by atoms with Gasteiger partial charge in [-0.3, -0.25) is 0 Å². The van der Waals surface area contributed by atoms with Crippen molar-refractivity contribution in [2.24, 2.45) is 0 Å². The first-order valence-corrected chi connectivity index (χ1v) is 7.66. The molecule has 0 aliphatic rings. The molecule has 0 aromatic rings. The number of carbonyl (C=O) groups is 2. The zero-order chi connectivity index (χ0) is 19.5. The molecule has 0 rings (SSSR count). The Bertz CT molecular complexity index is 360. The highest BCUT2D eigenvalue weighted by Crippen LogP contribution is 2.00. The number of ether oxygens (including phenoxy) is 3. The van der Waals surface area contributed by atoms with E-state index in [9.17, 15) is 9.59 Å². The Balaban J connectivity index is -0.000000402. The van der Waals surface area contributed by atoms with E-state index in [0.717, 1.165) is 13.2 Å². The van der Waals surface area contributed by atoms with Gasteiger partial charge in [-0.05, 0) is 34.6 Å². The van der Waals surface area contributed by atoms with Crippen molar-refractivity contribution in [2.75, 3.05) is 33.0 Å². The van der Waals surface area contributed by atoms with E-state index in [0.29, 0.717) is 11.1 Å². The van der Waals surface area contributed by atoms with Crippen molar-refractivity contribution in [3.63, 3.8) is 0 Å². The molecule has 1 unspecified atom stereocenters. The Morgan fingerprint density at radius 1 is 0.958 bits per heavy atom. The Morgan fingerprint density at radius 3 is 1.62 bits per heavy atom. The fourth-order valence-corrected chi connectivity index (χ4v) is 0.838. The molecular weight excluding hydrogens is 316 g/mol. The van der Waals surface area contributed by atoms with Crippen molar-refractivity contribution >= 4 is 11.9 Å². The molecule has 0 saturated carbocycles. The highest BCUT2D eigenvalue weighted by Gasteiger charge is 2.12. The van der Waals surface area contributed by atoms with Crippen LogP contribution in [0.1, 0.15) is 34.6 Å². The number of esters is 2. The van der Waals surface area contributed by atoms with Crippen LogP contribution in [0.5, 0.6) is 0 Å². The number of aliphatic hydroxyl groups is 2. The molecule has 0 spiro atoms. The Labute approximate surface area is 144 Å². The van der Waals surface area contributed by atoms with E-state index in [-0.39, 0.29) is 19.8 Å². The largest absolute Gasteiger partial charge is 0.458 e. The van der Waals surface area contributed by atoms with Crippen LogP contribution in [0.2, 0.25) is 0 Å². The van der Waals surface area contributed by atoms with E-state index < -0.39 is 18.0 Å². The quantitative estimate of drug-likeness (QED) is 0.507. The summed E-state index contributed by atoms with van der Waals surface area (Å²) in [4.78, 5) is 22.0. The summed E-state index contributed by atoms with van der Waals surface area (Å²) in [5.41, 5.74) is 0.626. The van der Waals surface area contributed by atoms with Crippen molar-refractivity contribution in [1.82, 2.24) is 0 Å². The molecule has 7 heteroatoms. The Kier molecular flexibility index (Phi) is 21.9. The minimum atomic E-state index is -0.492. The normalized spacial score (nSPS) is 10.1. The molecule has 142 valence electrons. The van der Waals surface area contributed by atoms with Gasteiger partial charge in [0, 0.05) is 24.4 Å². The van der Waals surface area contributed by atoms with Crippen LogP contribution in [0.15, 0.2) is 24.3 Å². The summed E-state index contributed by atoms with van der Waals surface area (Å²) in [5.74, 6) is -0.984. The molecule has 1 atom stereocenters. The lowest BCUT2D eigenvalue weighted by molar-refractivity contribution is -0.152. The number of hydrogen-bond donors (Lipinski definition) is 2. The minimum absolute atomic E-state index is 0.0186. The molecule has 2 N–H and O–H groups in total. The summed E-state index contributed by atoms with van der Waals surface area (Å²) in [7, 11) is 0. The van der Waals surface area contributed by atoms with E-state index in [1.165, 1.54) is 0 Å². The first kappa shape index (κ1) is 27.2. The fourth-order valence-electron chi connectivity index (χ4n) is 0.838. The predicted molar refractivity (Wildman–Crippen MR) is 92.5 cm³/mol. The smallest absolute Gasteiger partial charge is 0.333 e. The molecule has 0 aliphatic carbocycles. The summed E-state index contributed by atoms with van der Waals surface area (Å²) >= 11 is 0. The molecular formula is C17H32O7. The van der Waals surface area contributed by atoms with Crippen LogP contribution < -0.4 is 0 Å². The summed E-state index contributed by atoms with van der Waals surface area (Å²) in [6, 6.07) is 0. The van der Waals surface area contributed by atoms with Gasteiger partial charge in [-0.1, -0.05) is 13.2 Å². The van der Waals surface area contributed by atoms with Crippen LogP contribution in [-0.4, -0.2) is 61.3 Å². The molecule has 0 aromatic heterocycles. The Hall–Kier alpha value is -1.70. The third-order valence-electron chi connectivity index (χ3n) is 1.96. The molecule has 24 heavy (non-hydrogen) atoms. The molecule has 0 aromatic carbocycles. The maximum absolute atomic E-state index is 11.1. The highest BCUT2D eigenvalue weighted by molar-refractivity contribution is 5.87. The van der Waals surface area contributed by atoms with Gasteiger partial charge in [0.1, 0.15) is 12.7 Å². The van der Waals surface area contributed by atoms with Gasteiger partial charge in [-0.25, -0.2) is 9.59 Å². The van der Waals surface area contributed by atoms with Crippen molar-refractivity contribution in [1.29, 1.82) is 0 Å². The maximum Gasteiger partial charge on any atom is 0.333 e. The predicted octanol–water partition coefficient (Wildman–Crippen LogP) is 1.63. The van der Waals surface area contributed by atoms with Gasteiger partial charge in [-0.15, -0.1) is 0 Å². The molecule has 0 radical (unpaired) electrons. The molecule has 0 amide bonds. The lowest BCUT2D eigenvalue weighted by Crippen LogP contribution is -2.22. The SMILES string of the molecule is C=C(C)C(=O)OCC(C)OC(=O)C(=C)C.CCOCC.OCCO. The first-order chi connectivity index (χ1) is 11.2. The standard InChI is InChI=1S/C11H16O4.C4H10O.C2H6O2/c1-7(2)10(12)14-6-9(5)15-11(13)8(3)4;1-3-5-4-2;3-1-2-4/h9H,1,3,6H2,2,4-5H3;3-4H2,1-2H3;3-4H,1-2H2. The van der Waals surface area contributed by atoms with Crippen LogP contribution in [-0.2, 0) is 23.8 Å². The van der Waals surface area contributed by atoms with Crippen LogP contribution in [0.4, 0.5) is 0 Å². The zero-order valence-electron chi connectivity index (χ0n) is 15.5. The van der Waals surface area contributed by atoms with Crippen molar-refractivity contribution < 1.29 is 34.0 Å². The number of aliphatic hydroxyl groups excluding tert-OH is 2. The first-order valence-electron chi connectivity index (χ1n) is 7.66. The van der Waals surface area contributed by atoms with E-state index in [1.54, 1.807) is 20.8 Å². The topological polar surface area (TPSA) is 102 Å². The van der Waals surface area contributed by atoms with Crippen molar-refractivity contribution in [3.8, 4) is 0 Å². The average Bonchev–Trinajstić information content (AvgIpc) is 2.53. The summed E-state index contributed by atoms with van der Waals surface area (Å²) in [6.07, 6.45) is -0.488. The van der Waals surface area contributed by atoms with Gasteiger partial charge in [-0.2, -0.15) is 0 Å². The summed E-state index contributed by atoms with van der Waals surface area (Å²) in [5, 5.41) is 15.2. The van der Waals surface area contributed by atoms with Crippen molar-refractivity contribution in [2.45, 2.75) is 40.7 Å². The molecule has 0 saturated heterocycles. The van der Waals surface area contributed by atoms with Crippen LogP contribution in [0, 0.1) is 0 Å². The lowest BCUT2D eigenvalue weighted by Gasteiger charge is -2.13. The number of carbonyl (C=O) groups excluding carboxylic acids is 2. The Morgan fingerprint density at radius 2 is 1.38 bits per heavy atom. The van der Waals surface area contributed by atoms with Crippen LogP contribution in [0.25, 0.3) is 0 Å². The summed E-state index contributed by atoms with van der Waals surface area (Å²) in [6.45, 7) is 17.0. The second kappa shape index (κ2) is 19.3. The number of rotatable bonds is 8. The van der Waals surface area contributed by atoms with Crippen LogP contribution >= 0.6 is 0 Å². The van der Waals surface area contributed by atoms with Gasteiger partial charge < -0.3 is 24.4 Å². The molecule has 0 fully saturated rings. The molecule has 7 nitrogen and oxygen atoms in total. The third kappa shape index (κ3) is 22.6. The van der Waals surface area contributed by atoms with Gasteiger partial charge in [0.25, 0.3) is 0 Å². The minimum Gasteiger partial charge on any atom is -0.458 e. The molecule has 0 bridgehead atoms. The van der Waals surface area contributed by atoms with Gasteiger partial charge >= 0.3 is 11.9 Å². The fraction of sp³-hybridized carbons (Fsp3) is 0.647. The monoisotopic (exact) mass is 348 g/mol. The zero-order valence-corrected chi connectivity index (χ0v) is 15.5. The average molecular weight is 348 g/mol. The summed E-state index contributed by atoms with van der Waals surface area (Å²) < 4.78 is 14.5.